The molecule has 19 heavy (non-hydrogen) atoms. The summed E-state index contributed by atoms with van der Waals surface area (Å²) in [6, 6.07) is 5.15. The molecular formula is C13H10FNO4. The smallest absolute Gasteiger partial charge is 0.352 e. The first-order chi connectivity index (χ1) is 8.91. The van der Waals surface area contributed by atoms with Crippen LogP contribution in [0.25, 0.3) is 11.1 Å². The summed E-state index contributed by atoms with van der Waals surface area (Å²) in [6.07, 6.45) is 0. The summed E-state index contributed by atoms with van der Waals surface area (Å²) in [4.78, 5) is 24.9. The monoisotopic (exact) mass is 263 g/mol. The van der Waals surface area contributed by atoms with E-state index in [0.717, 1.165) is 6.07 Å². The predicted octanol–water partition coefficient (Wildman–Crippen LogP) is 2.53. The zero-order valence-corrected chi connectivity index (χ0v) is 9.90. The maximum atomic E-state index is 13.2. The van der Waals surface area contributed by atoms with E-state index in [2.05, 4.69) is 4.98 Å². The van der Waals surface area contributed by atoms with Crippen LogP contribution in [-0.4, -0.2) is 27.1 Å². The highest BCUT2D eigenvalue weighted by atomic mass is 19.1. The van der Waals surface area contributed by atoms with E-state index < -0.39 is 17.8 Å². The first-order valence-corrected chi connectivity index (χ1v) is 5.37. The molecule has 0 bridgehead atoms. The molecule has 0 amide bonds. The second-order valence-corrected chi connectivity index (χ2v) is 4.00. The van der Waals surface area contributed by atoms with Crippen LogP contribution in [0.3, 0.4) is 0 Å². The van der Waals surface area contributed by atoms with Crippen LogP contribution in [0.5, 0.6) is 0 Å². The number of aryl methyl sites for hydroxylation is 1. The molecule has 0 atom stereocenters. The third kappa shape index (κ3) is 2.20. The summed E-state index contributed by atoms with van der Waals surface area (Å²) >= 11 is 0. The first kappa shape index (κ1) is 12.8. The predicted molar refractivity (Wildman–Crippen MR) is 64.8 cm³/mol. The molecule has 6 heteroatoms. The number of rotatable bonds is 3. The van der Waals surface area contributed by atoms with Gasteiger partial charge < -0.3 is 15.2 Å². The molecule has 0 saturated carbocycles. The van der Waals surface area contributed by atoms with Gasteiger partial charge in [0.2, 0.25) is 0 Å². The van der Waals surface area contributed by atoms with Gasteiger partial charge in [0.25, 0.3) is 0 Å². The van der Waals surface area contributed by atoms with Gasteiger partial charge in [-0.25, -0.2) is 14.0 Å². The highest BCUT2D eigenvalue weighted by Gasteiger charge is 2.25. The molecule has 0 aliphatic heterocycles. The van der Waals surface area contributed by atoms with Gasteiger partial charge in [-0.2, -0.15) is 0 Å². The third-order valence-electron chi connectivity index (χ3n) is 2.73. The average Bonchev–Trinajstić information content (AvgIpc) is 2.67. The van der Waals surface area contributed by atoms with Crippen molar-refractivity contribution in [2.24, 2.45) is 0 Å². The lowest BCUT2D eigenvalue weighted by atomic mass is 10.00. The van der Waals surface area contributed by atoms with E-state index in [-0.39, 0.29) is 28.1 Å². The minimum atomic E-state index is -1.30. The Labute approximate surface area is 107 Å². The fourth-order valence-electron chi connectivity index (χ4n) is 1.99. The van der Waals surface area contributed by atoms with E-state index in [0.29, 0.717) is 0 Å². The molecule has 2 aromatic rings. The number of carbonyl (C=O) groups is 2. The van der Waals surface area contributed by atoms with E-state index in [1.54, 1.807) is 0 Å². The molecule has 98 valence electrons. The topological polar surface area (TPSA) is 90.4 Å². The molecule has 0 radical (unpaired) electrons. The van der Waals surface area contributed by atoms with Crippen LogP contribution >= 0.6 is 0 Å². The van der Waals surface area contributed by atoms with Crippen molar-refractivity contribution in [3.05, 3.63) is 47.0 Å². The number of hydrogen-bond acceptors (Lipinski definition) is 2. The van der Waals surface area contributed by atoms with Crippen molar-refractivity contribution < 1.29 is 24.2 Å². The Morgan fingerprint density at radius 1 is 1.21 bits per heavy atom. The fraction of sp³-hybridized carbons (Fsp3) is 0.0769. The second-order valence-electron chi connectivity index (χ2n) is 4.00. The zero-order valence-electron chi connectivity index (χ0n) is 9.90. The second kappa shape index (κ2) is 4.56. The maximum Gasteiger partial charge on any atom is 0.352 e. The zero-order chi connectivity index (χ0) is 14.2. The molecule has 0 aliphatic rings. The number of H-pyrrole nitrogens is 1. The minimum absolute atomic E-state index is 0.0167. The van der Waals surface area contributed by atoms with Crippen LogP contribution in [0.4, 0.5) is 4.39 Å². The number of aromatic nitrogens is 1. The number of aromatic amines is 1. The number of halogens is 1. The van der Waals surface area contributed by atoms with Crippen LogP contribution in [0.1, 0.15) is 26.5 Å². The Bertz CT molecular complexity index is 675. The Morgan fingerprint density at radius 2 is 1.89 bits per heavy atom. The number of aromatic carboxylic acids is 2. The van der Waals surface area contributed by atoms with E-state index in [4.69, 9.17) is 10.2 Å². The number of hydrogen-bond donors (Lipinski definition) is 3. The molecule has 0 fully saturated rings. The van der Waals surface area contributed by atoms with Crippen LogP contribution < -0.4 is 0 Å². The van der Waals surface area contributed by atoms with Gasteiger partial charge in [0, 0.05) is 11.3 Å². The van der Waals surface area contributed by atoms with E-state index in [1.807, 2.05) is 0 Å². The summed E-state index contributed by atoms with van der Waals surface area (Å²) in [6.45, 7) is 1.46. The third-order valence-corrected chi connectivity index (χ3v) is 2.73. The number of nitrogens with one attached hydrogen (secondary N) is 1. The van der Waals surface area contributed by atoms with Gasteiger partial charge in [0.05, 0.1) is 5.56 Å². The van der Waals surface area contributed by atoms with Crippen molar-refractivity contribution in [3.8, 4) is 11.1 Å². The lowest BCUT2D eigenvalue weighted by Gasteiger charge is -2.03. The normalized spacial score (nSPS) is 10.4. The Kier molecular flexibility index (Phi) is 3.08. The van der Waals surface area contributed by atoms with Crippen molar-refractivity contribution in [2.45, 2.75) is 6.92 Å². The molecule has 1 aromatic heterocycles. The summed E-state index contributed by atoms with van der Waals surface area (Å²) in [5.74, 6) is -3.13. The Hall–Kier alpha value is -2.63. The van der Waals surface area contributed by atoms with Gasteiger partial charge in [0.1, 0.15) is 11.5 Å². The first-order valence-electron chi connectivity index (χ1n) is 5.37. The summed E-state index contributed by atoms with van der Waals surface area (Å²) in [5.41, 5.74) is -0.0242. The summed E-state index contributed by atoms with van der Waals surface area (Å²) in [5, 5.41) is 18.3. The number of carboxylic acid groups (broad SMARTS) is 2. The van der Waals surface area contributed by atoms with Crippen LogP contribution in [0.2, 0.25) is 0 Å². The van der Waals surface area contributed by atoms with E-state index in [1.165, 1.54) is 25.1 Å². The molecule has 0 aliphatic carbocycles. The molecular weight excluding hydrogens is 253 g/mol. The molecule has 0 saturated heterocycles. The van der Waals surface area contributed by atoms with Crippen LogP contribution in [0.15, 0.2) is 24.3 Å². The van der Waals surface area contributed by atoms with Crippen molar-refractivity contribution >= 4 is 11.9 Å². The molecule has 3 N–H and O–H groups in total. The van der Waals surface area contributed by atoms with Gasteiger partial charge >= 0.3 is 11.9 Å². The minimum Gasteiger partial charge on any atom is -0.478 e. The maximum absolute atomic E-state index is 13.2. The number of carboxylic acids is 2. The van der Waals surface area contributed by atoms with E-state index in [9.17, 15) is 14.0 Å². The fourth-order valence-corrected chi connectivity index (χ4v) is 1.99. The quantitative estimate of drug-likeness (QED) is 0.793. The summed E-state index contributed by atoms with van der Waals surface area (Å²) < 4.78 is 13.2. The van der Waals surface area contributed by atoms with Gasteiger partial charge in [0.15, 0.2) is 0 Å². The Morgan fingerprint density at radius 3 is 2.42 bits per heavy atom. The average molecular weight is 263 g/mol. The van der Waals surface area contributed by atoms with Gasteiger partial charge in [-0.1, -0.05) is 12.1 Å². The SMILES string of the molecule is Cc1[nH]c(C(=O)O)c(-c2cccc(F)c2)c1C(=O)O. The van der Waals surface area contributed by atoms with Crippen molar-refractivity contribution in [1.29, 1.82) is 0 Å². The Balaban J connectivity index is 2.79. The van der Waals surface area contributed by atoms with Crippen molar-refractivity contribution in [2.75, 3.05) is 0 Å². The number of benzene rings is 1. The van der Waals surface area contributed by atoms with Crippen LogP contribution in [0, 0.1) is 12.7 Å². The molecule has 1 heterocycles. The highest BCUT2D eigenvalue weighted by molar-refractivity contribution is 6.05. The molecule has 5 nitrogen and oxygen atoms in total. The van der Waals surface area contributed by atoms with Gasteiger partial charge in [-0.05, 0) is 24.6 Å². The van der Waals surface area contributed by atoms with Crippen LogP contribution in [-0.2, 0) is 0 Å². The molecule has 2 rings (SSSR count). The van der Waals surface area contributed by atoms with Gasteiger partial charge in [-0.3, -0.25) is 0 Å². The molecule has 0 unspecified atom stereocenters. The van der Waals surface area contributed by atoms with Crippen molar-refractivity contribution in [1.82, 2.24) is 4.98 Å². The lowest BCUT2D eigenvalue weighted by Crippen LogP contribution is -2.02. The largest absolute Gasteiger partial charge is 0.478 e. The van der Waals surface area contributed by atoms with Crippen molar-refractivity contribution in [3.63, 3.8) is 0 Å². The molecule has 0 spiro atoms. The molecule has 1 aromatic carbocycles. The standard InChI is InChI=1S/C13H10FNO4/c1-6-9(12(16)17)10(11(15-6)13(18)19)7-3-2-4-8(14)5-7/h2-5,15H,1H3,(H,16,17)(H,18,19). The highest BCUT2D eigenvalue weighted by Crippen LogP contribution is 2.30. The summed E-state index contributed by atoms with van der Waals surface area (Å²) in [7, 11) is 0. The van der Waals surface area contributed by atoms with E-state index >= 15 is 0 Å². The van der Waals surface area contributed by atoms with Gasteiger partial charge in [-0.15, -0.1) is 0 Å². The lowest BCUT2D eigenvalue weighted by molar-refractivity contribution is 0.0687.